The third-order valence-corrected chi connectivity index (χ3v) is 7.51. The van der Waals surface area contributed by atoms with E-state index in [4.69, 9.17) is 33.0 Å². The Balaban J connectivity index is 1.27. The minimum atomic E-state index is 0.766. The lowest BCUT2D eigenvalue weighted by atomic mass is 10.1. The molecule has 2 fully saturated rings. The average molecular weight is 511 g/mol. The molecule has 2 aliphatic heterocycles. The van der Waals surface area contributed by atoms with E-state index >= 15 is 0 Å². The van der Waals surface area contributed by atoms with Crippen molar-refractivity contribution in [3.63, 3.8) is 0 Å². The summed E-state index contributed by atoms with van der Waals surface area (Å²) in [6, 6.07) is 16.2. The number of allylic oxidation sites excluding steroid dienone is 2. The highest BCUT2D eigenvalue weighted by molar-refractivity contribution is 6.31. The number of morpholine rings is 1. The minimum absolute atomic E-state index is 0.766. The van der Waals surface area contributed by atoms with Gasteiger partial charge in [-0.25, -0.2) is 0 Å². The summed E-state index contributed by atoms with van der Waals surface area (Å²) in [5, 5.41) is 8.73. The highest BCUT2D eigenvalue weighted by atomic mass is 35.5. The highest BCUT2D eigenvalue weighted by Crippen LogP contribution is 2.35. The van der Waals surface area contributed by atoms with E-state index in [1.165, 1.54) is 28.0 Å². The average Bonchev–Trinajstić information content (AvgIpc) is 3.29. The zero-order chi connectivity index (χ0) is 24.0. The van der Waals surface area contributed by atoms with E-state index in [2.05, 4.69) is 51.4 Å². The molecule has 0 radical (unpaired) electrons. The first-order valence-corrected chi connectivity index (χ1v) is 13.2. The van der Waals surface area contributed by atoms with Gasteiger partial charge < -0.3 is 9.64 Å². The van der Waals surface area contributed by atoms with E-state index in [0.717, 1.165) is 81.9 Å². The Morgan fingerprint density at radius 1 is 0.857 bits per heavy atom. The summed E-state index contributed by atoms with van der Waals surface area (Å²) in [7, 11) is 0. The van der Waals surface area contributed by atoms with Gasteiger partial charge in [0.2, 0.25) is 0 Å². The molecule has 0 atom stereocenters. The summed E-state index contributed by atoms with van der Waals surface area (Å²) in [5.41, 5.74) is 6.41. The fraction of sp³-hybridized carbons (Fsp3) is 0.393. The molecule has 7 heteroatoms. The minimum Gasteiger partial charge on any atom is -0.378 e. The van der Waals surface area contributed by atoms with Crippen LogP contribution in [0.2, 0.25) is 10.0 Å². The standard InChI is InChI=1S/C28H32Cl2N4O/c29-26-9-5-22(6-10-26)19-23-7-8-24(28(23)33-15-17-35-18-16-33)20-31-34-13-11-32(12-14-34)21-25-3-1-2-4-27(25)30/h1-6,9-10,19-20H,7-8,11-18,21H2/b23-19-,31-20+. The zero-order valence-corrected chi connectivity index (χ0v) is 21.5. The maximum Gasteiger partial charge on any atom is 0.0642 e. The smallest absolute Gasteiger partial charge is 0.0642 e. The molecule has 0 aromatic heterocycles. The molecule has 0 saturated carbocycles. The Labute approximate surface area is 218 Å². The Morgan fingerprint density at radius 2 is 1.60 bits per heavy atom. The van der Waals surface area contributed by atoms with Gasteiger partial charge in [-0.05, 0) is 59.4 Å². The Bertz CT molecular complexity index is 1100. The molecule has 0 amide bonds. The molecular formula is C28H32Cl2N4O. The van der Waals surface area contributed by atoms with Crippen molar-refractivity contribution in [2.75, 3.05) is 52.5 Å². The van der Waals surface area contributed by atoms with Crippen LogP contribution in [0.4, 0.5) is 0 Å². The van der Waals surface area contributed by atoms with Crippen LogP contribution in [0.15, 0.2) is 70.5 Å². The lowest BCUT2D eigenvalue weighted by Crippen LogP contribution is -2.43. The van der Waals surface area contributed by atoms with Crippen molar-refractivity contribution < 1.29 is 4.74 Å². The van der Waals surface area contributed by atoms with Crippen LogP contribution in [0.25, 0.3) is 6.08 Å². The first-order valence-electron chi connectivity index (χ1n) is 12.4. The summed E-state index contributed by atoms with van der Waals surface area (Å²) >= 11 is 12.4. The summed E-state index contributed by atoms with van der Waals surface area (Å²) < 4.78 is 5.62. The van der Waals surface area contributed by atoms with Crippen molar-refractivity contribution in [3.05, 3.63) is 86.5 Å². The fourth-order valence-corrected chi connectivity index (χ4v) is 5.28. The first-order chi connectivity index (χ1) is 17.2. The molecule has 0 unspecified atom stereocenters. The lowest BCUT2D eigenvalue weighted by molar-refractivity contribution is 0.0548. The van der Waals surface area contributed by atoms with Crippen molar-refractivity contribution in [2.24, 2.45) is 5.10 Å². The quantitative estimate of drug-likeness (QED) is 0.476. The van der Waals surface area contributed by atoms with E-state index in [-0.39, 0.29) is 0 Å². The Morgan fingerprint density at radius 3 is 2.34 bits per heavy atom. The molecule has 0 bridgehead atoms. The Hall–Kier alpha value is -2.31. The molecule has 35 heavy (non-hydrogen) atoms. The van der Waals surface area contributed by atoms with Gasteiger partial charge in [0.1, 0.15) is 0 Å². The van der Waals surface area contributed by atoms with Gasteiger partial charge >= 0.3 is 0 Å². The van der Waals surface area contributed by atoms with E-state index < -0.39 is 0 Å². The predicted molar refractivity (Wildman–Crippen MR) is 145 cm³/mol. The maximum absolute atomic E-state index is 6.35. The molecule has 1 aliphatic carbocycles. The molecule has 5 rings (SSSR count). The summed E-state index contributed by atoms with van der Waals surface area (Å²) in [6.07, 6.45) is 6.46. The molecule has 2 aromatic carbocycles. The number of halogens is 2. The van der Waals surface area contributed by atoms with E-state index in [9.17, 15) is 0 Å². The van der Waals surface area contributed by atoms with Crippen LogP contribution in [-0.4, -0.2) is 73.5 Å². The molecular weight excluding hydrogens is 479 g/mol. The van der Waals surface area contributed by atoms with Crippen LogP contribution in [0.1, 0.15) is 24.0 Å². The van der Waals surface area contributed by atoms with E-state index in [0.29, 0.717) is 0 Å². The molecule has 5 nitrogen and oxygen atoms in total. The predicted octanol–water partition coefficient (Wildman–Crippen LogP) is 5.56. The van der Waals surface area contributed by atoms with Crippen molar-refractivity contribution in [3.8, 4) is 0 Å². The molecule has 0 spiro atoms. The Kier molecular flexibility index (Phi) is 8.09. The van der Waals surface area contributed by atoms with E-state index in [1.807, 2.05) is 24.3 Å². The monoisotopic (exact) mass is 510 g/mol. The van der Waals surface area contributed by atoms with Crippen LogP contribution in [-0.2, 0) is 11.3 Å². The van der Waals surface area contributed by atoms with Crippen LogP contribution >= 0.6 is 23.2 Å². The van der Waals surface area contributed by atoms with Gasteiger partial charge in [0.25, 0.3) is 0 Å². The van der Waals surface area contributed by atoms with Gasteiger partial charge in [0.05, 0.1) is 19.4 Å². The first kappa shape index (κ1) is 24.4. The van der Waals surface area contributed by atoms with Gasteiger partial charge in [0.15, 0.2) is 0 Å². The third kappa shape index (κ3) is 6.28. The zero-order valence-electron chi connectivity index (χ0n) is 20.0. The van der Waals surface area contributed by atoms with Crippen LogP contribution in [0.3, 0.4) is 0 Å². The number of rotatable bonds is 6. The number of piperazine rings is 1. The van der Waals surface area contributed by atoms with Crippen LogP contribution < -0.4 is 0 Å². The van der Waals surface area contributed by atoms with Gasteiger partial charge in [-0.15, -0.1) is 0 Å². The normalized spacial score (nSPS) is 21.0. The number of hydrogen-bond acceptors (Lipinski definition) is 5. The molecule has 2 heterocycles. The fourth-order valence-electron chi connectivity index (χ4n) is 4.96. The van der Waals surface area contributed by atoms with Gasteiger partial charge in [-0.2, -0.15) is 5.10 Å². The third-order valence-electron chi connectivity index (χ3n) is 6.89. The molecule has 184 valence electrons. The second kappa shape index (κ2) is 11.6. The highest BCUT2D eigenvalue weighted by Gasteiger charge is 2.26. The number of hydrazone groups is 1. The van der Waals surface area contributed by atoms with Gasteiger partial charge in [-0.3, -0.25) is 9.91 Å². The lowest BCUT2D eigenvalue weighted by Gasteiger charge is -2.33. The second-order valence-corrected chi connectivity index (χ2v) is 10.1. The van der Waals surface area contributed by atoms with Gasteiger partial charge in [-0.1, -0.05) is 53.5 Å². The van der Waals surface area contributed by atoms with Crippen molar-refractivity contribution in [2.45, 2.75) is 19.4 Å². The van der Waals surface area contributed by atoms with Gasteiger partial charge in [0, 0.05) is 61.6 Å². The SMILES string of the molecule is Clc1ccc(/C=C2/CCC(/C=N/N3CCN(Cc4ccccc4Cl)CC3)=C2N2CCOCC2)cc1. The van der Waals surface area contributed by atoms with Crippen molar-refractivity contribution >= 4 is 35.5 Å². The molecule has 3 aliphatic rings. The van der Waals surface area contributed by atoms with Crippen molar-refractivity contribution in [1.29, 1.82) is 0 Å². The van der Waals surface area contributed by atoms with Crippen molar-refractivity contribution in [1.82, 2.24) is 14.8 Å². The number of hydrogen-bond donors (Lipinski definition) is 0. The van der Waals surface area contributed by atoms with Crippen LogP contribution in [0, 0.1) is 0 Å². The van der Waals surface area contributed by atoms with Crippen LogP contribution in [0.5, 0.6) is 0 Å². The summed E-state index contributed by atoms with van der Waals surface area (Å²) in [4.78, 5) is 4.93. The molecule has 2 saturated heterocycles. The number of nitrogens with zero attached hydrogens (tertiary/aromatic N) is 4. The molecule has 2 aromatic rings. The molecule has 0 N–H and O–H groups in total. The summed E-state index contributed by atoms with van der Waals surface area (Å²) in [5.74, 6) is 0. The number of benzene rings is 2. The summed E-state index contributed by atoms with van der Waals surface area (Å²) in [6.45, 7) is 8.10. The number of ether oxygens (including phenoxy) is 1. The topological polar surface area (TPSA) is 31.3 Å². The van der Waals surface area contributed by atoms with E-state index in [1.54, 1.807) is 0 Å². The maximum atomic E-state index is 6.35. The largest absolute Gasteiger partial charge is 0.378 e. The second-order valence-electron chi connectivity index (χ2n) is 9.26.